The van der Waals surface area contributed by atoms with Crippen molar-refractivity contribution in [2.75, 3.05) is 21.3 Å². The average molecular weight is 566 g/mol. The third-order valence-electron chi connectivity index (χ3n) is 5.81. The molecule has 0 aromatic heterocycles. The molecular weight excluding hydrogens is 537 g/mol. The Kier molecular flexibility index (Phi) is 9.29. The highest BCUT2D eigenvalue weighted by atomic mass is 79.9. The Hall–Kier alpha value is -2.46. The van der Waals surface area contributed by atoms with Crippen molar-refractivity contribution < 1.29 is 27.0 Å². The molecule has 0 spiro atoms. The molecule has 9 heteroatoms. The van der Waals surface area contributed by atoms with E-state index < -0.39 is 27.2 Å². The van der Waals surface area contributed by atoms with Crippen LogP contribution < -0.4 is 9.47 Å². The van der Waals surface area contributed by atoms with Gasteiger partial charge in [-0.3, -0.25) is 0 Å². The van der Waals surface area contributed by atoms with E-state index in [0.717, 1.165) is 11.1 Å². The van der Waals surface area contributed by atoms with Gasteiger partial charge in [-0.1, -0.05) is 46.3 Å². The molecule has 0 saturated heterocycles. The Labute approximate surface area is 214 Å². The minimum Gasteiger partial charge on any atom is -0.497 e. The van der Waals surface area contributed by atoms with Crippen LogP contribution in [0.5, 0.6) is 11.5 Å². The molecule has 0 amide bonds. The molecule has 0 aliphatic rings. The third-order valence-corrected chi connectivity index (χ3v) is 8.67. The van der Waals surface area contributed by atoms with Crippen molar-refractivity contribution in [1.82, 2.24) is 4.31 Å². The molecule has 3 rings (SSSR count). The van der Waals surface area contributed by atoms with Gasteiger partial charge in [0.15, 0.2) is 0 Å². The zero-order chi connectivity index (χ0) is 25.6. The molecule has 2 atom stereocenters. The number of halogens is 2. The quantitative estimate of drug-likeness (QED) is 0.298. The minimum atomic E-state index is -3.88. The Morgan fingerprint density at radius 3 is 1.74 bits per heavy atom. The molecule has 3 aromatic carbocycles. The van der Waals surface area contributed by atoms with Crippen LogP contribution in [0, 0.1) is 5.82 Å². The van der Waals surface area contributed by atoms with Crippen LogP contribution in [0.3, 0.4) is 0 Å². The second-order valence-electron chi connectivity index (χ2n) is 8.04. The number of hydrogen-bond donors (Lipinski definition) is 0. The van der Waals surface area contributed by atoms with Crippen molar-refractivity contribution in [3.63, 3.8) is 0 Å². The van der Waals surface area contributed by atoms with Gasteiger partial charge >= 0.3 is 0 Å². The van der Waals surface area contributed by atoms with E-state index in [2.05, 4.69) is 15.9 Å². The topological polar surface area (TPSA) is 65.1 Å². The molecule has 188 valence electrons. The van der Waals surface area contributed by atoms with E-state index in [1.165, 1.54) is 29.6 Å². The van der Waals surface area contributed by atoms with Crippen LogP contribution in [0.1, 0.15) is 29.7 Å². The summed E-state index contributed by atoms with van der Waals surface area (Å²) in [5.74, 6) is 0.950. The predicted octanol–water partition coefficient (Wildman–Crippen LogP) is 5.71. The smallest absolute Gasteiger partial charge is 0.220 e. The highest BCUT2D eigenvalue weighted by Crippen LogP contribution is 2.34. The van der Waals surface area contributed by atoms with Crippen LogP contribution in [0.15, 0.2) is 71.2 Å². The van der Waals surface area contributed by atoms with Gasteiger partial charge in [0.05, 0.1) is 14.2 Å². The Balaban J connectivity index is 1.97. The molecule has 6 nitrogen and oxygen atoms in total. The molecule has 0 N–H and O–H groups in total. The SMILES string of the molecule is COc1ccc(CN(Cc2ccc(OC)cc2)S(=O)(=O)[C@H](C)[C@@H](OC)c2ccc(F)cc2Br)cc1. The first-order chi connectivity index (χ1) is 16.7. The first-order valence-corrected chi connectivity index (χ1v) is 13.2. The Bertz CT molecular complexity index is 1170. The Morgan fingerprint density at radius 1 is 0.857 bits per heavy atom. The van der Waals surface area contributed by atoms with E-state index in [4.69, 9.17) is 14.2 Å². The van der Waals surface area contributed by atoms with Gasteiger partial charge in [-0.2, -0.15) is 4.31 Å². The van der Waals surface area contributed by atoms with Crippen molar-refractivity contribution >= 4 is 26.0 Å². The Morgan fingerprint density at radius 2 is 1.34 bits per heavy atom. The summed E-state index contributed by atoms with van der Waals surface area (Å²) < 4.78 is 59.5. The second-order valence-corrected chi connectivity index (χ2v) is 11.2. The van der Waals surface area contributed by atoms with Crippen LogP contribution >= 0.6 is 15.9 Å². The molecule has 0 fully saturated rings. The lowest BCUT2D eigenvalue weighted by Gasteiger charge is -2.30. The molecule has 0 unspecified atom stereocenters. The zero-order valence-electron chi connectivity index (χ0n) is 20.1. The van der Waals surface area contributed by atoms with Gasteiger partial charge in [0.25, 0.3) is 0 Å². The minimum absolute atomic E-state index is 0.156. The van der Waals surface area contributed by atoms with Gasteiger partial charge in [0, 0.05) is 24.7 Å². The summed E-state index contributed by atoms with van der Waals surface area (Å²) in [6, 6.07) is 18.7. The second kappa shape index (κ2) is 12.0. The highest BCUT2D eigenvalue weighted by molar-refractivity contribution is 9.10. The van der Waals surface area contributed by atoms with E-state index in [1.807, 2.05) is 24.3 Å². The summed E-state index contributed by atoms with van der Waals surface area (Å²) in [4.78, 5) is 0. The third kappa shape index (κ3) is 6.61. The average Bonchev–Trinajstić information content (AvgIpc) is 2.86. The van der Waals surface area contributed by atoms with Crippen LogP contribution in [-0.4, -0.2) is 39.3 Å². The van der Waals surface area contributed by atoms with Gasteiger partial charge in [-0.25, -0.2) is 12.8 Å². The van der Waals surface area contributed by atoms with Gasteiger partial charge < -0.3 is 14.2 Å². The summed E-state index contributed by atoms with van der Waals surface area (Å²) in [5.41, 5.74) is 2.18. The monoisotopic (exact) mass is 565 g/mol. The maximum atomic E-state index is 13.9. The van der Waals surface area contributed by atoms with Gasteiger partial charge in [0.1, 0.15) is 28.7 Å². The van der Waals surface area contributed by atoms with Gasteiger partial charge in [-0.05, 0) is 60.0 Å². The molecule has 0 saturated carbocycles. The molecule has 0 bridgehead atoms. The molecule has 0 radical (unpaired) electrons. The van der Waals surface area contributed by atoms with Crippen molar-refractivity contribution in [3.8, 4) is 11.5 Å². The number of ether oxygens (including phenoxy) is 3. The van der Waals surface area contributed by atoms with Crippen LogP contribution in [0.25, 0.3) is 0 Å². The van der Waals surface area contributed by atoms with Gasteiger partial charge in [-0.15, -0.1) is 0 Å². The first-order valence-electron chi connectivity index (χ1n) is 10.9. The molecule has 0 heterocycles. The fraction of sp³-hybridized carbons (Fsp3) is 0.308. The zero-order valence-corrected chi connectivity index (χ0v) is 22.5. The summed E-state index contributed by atoms with van der Waals surface area (Å²) in [6.45, 7) is 1.92. The lowest BCUT2D eigenvalue weighted by Crippen LogP contribution is -2.40. The molecule has 3 aromatic rings. The largest absolute Gasteiger partial charge is 0.497 e. The number of nitrogens with zero attached hydrogens (tertiary/aromatic N) is 1. The fourth-order valence-corrected chi connectivity index (χ4v) is 6.07. The number of hydrogen-bond acceptors (Lipinski definition) is 5. The first kappa shape index (κ1) is 27.1. The van der Waals surface area contributed by atoms with E-state index in [9.17, 15) is 12.8 Å². The van der Waals surface area contributed by atoms with E-state index in [0.29, 0.717) is 21.5 Å². The summed E-state index contributed by atoms with van der Waals surface area (Å²) in [6.07, 6.45) is -0.816. The number of sulfonamides is 1. The number of rotatable bonds is 11. The normalized spacial score (nSPS) is 13.5. The summed E-state index contributed by atoms with van der Waals surface area (Å²) in [5, 5.41) is -0.953. The molecule has 35 heavy (non-hydrogen) atoms. The predicted molar refractivity (Wildman–Crippen MR) is 137 cm³/mol. The standard InChI is InChI=1S/C26H29BrFNO5S/c1-18(26(34-4)24-14-9-21(28)15-25(24)27)35(30,31)29(16-19-5-10-22(32-2)11-6-19)17-20-7-12-23(33-3)13-8-20/h5-15,18,26H,16-17H2,1-4H3/t18-,26-/m1/s1. The summed E-state index contributed by atoms with van der Waals surface area (Å²) >= 11 is 3.34. The van der Waals surface area contributed by atoms with Crippen molar-refractivity contribution in [1.29, 1.82) is 0 Å². The van der Waals surface area contributed by atoms with Crippen molar-refractivity contribution in [2.24, 2.45) is 0 Å². The van der Waals surface area contributed by atoms with E-state index in [-0.39, 0.29) is 13.1 Å². The molecule has 0 aliphatic carbocycles. The summed E-state index contributed by atoms with van der Waals surface area (Å²) in [7, 11) is 0.722. The fourth-order valence-electron chi connectivity index (χ4n) is 3.80. The number of benzene rings is 3. The van der Waals surface area contributed by atoms with Crippen LogP contribution in [-0.2, 0) is 27.8 Å². The molecular formula is C26H29BrFNO5S. The number of methoxy groups -OCH3 is 3. The van der Waals surface area contributed by atoms with Crippen molar-refractivity contribution in [3.05, 3.63) is 93.7 Å². The van der Waals surface area contributed by atoms with E-state index >= 15 is 0 Å². The molecule has 0 aliphatic heterocycles. The lowest BCUT2D eigenvalue weighted by molar-refractivity contribution is 0.0997. The maximum Gasteiger partial charge on any atom is 0.220 e. The highest BCUT2D eigenvalue weighted by Gasteiger charge is 2.36. The van der Waals surface area contributed by atoms with E-state index in [1.54, 1.807) is 45.4 Å². The van der Waals surface area contributed by atoms with Crippen molar-refractivity contribution in [2.45, 2.75) is 31.4 Å². The maximum absolute atomic E-state index is 13.9. The van der Waals surface area contributed by atoms with Crippen LogP contribution in [0.4, 0.5) is 4.39 Å². The van der Waals surface area contributed by atoms with Gasteiger partial charge in [0.2, 0.25) is 10.0 Å². The lowest BCUT2D eigenvalue weighted by atomic mass is 10.1. The van der Waals surface area contributed by atoms with Crippen LogP contribution in [0.2, 0.25) is 0 Å².